The molecule has 2 aromatic heterocycles. The van der Waals surface area contributed by atoms with Crippen LogP contribution < -0.4 is 5.32 Å². The maximum Gasteiger partial charge on any atom is 0.185 e. The van der Waals surface area contributed by atoms with Gasteiger partial charge in [0.25, 0.3) is 0 Å². The fourth-order valence-corrected chi connectivity index (χ4v) is 2.53. The molecular formula is C12H11BrN4OS. The first-order valence-corrected chi connectivity index (χ1v) is 7.12. The SMILES string of the molecule is CC(c1cncc(Br)c1)C(O)Nc1ncc(C#N)s1. The highest BCUT2D eigenvalue weighted by molar-refractivity contribution is 9.10. The second kappa shape index (κ2) is 6.10. The molecule has 2 unspecified atom stereocenters. The van der Waals surface area contributed by atoms with Crippen LogP contribution in [0.4, 0.5) is 5.13 Å². The number of thiazole rings is 1. The number of rotatable bonds is 4. The average molecular weight is 339 g/mol. The minimum Gasteiger partial charge on any atom is -0.373 e. The molecule has 2 atom stereocenters. The van der Waals surface area contributed by atoms with E-state index in [1.807, 2.05) is 19.1 Å². The highest BCUT2D eigenvalue weighted by atomic mass is 79.9. The van der Waals surface area contributed by atoms with Gasteiger partial charge in [0.05, 0.1) is 6.20 Å². The Morgan fingerprint density at radius 3 is 2.89 bits per heavy atom. The van der Waals surface area contributed by atoms with Gasteiger partial charge in [0.15, 0.2) is 5.13 Å². The van der Waals surface area contributed by atoms with E-state index < -0.39 is 6.23 Å². The molecule has 0 aliphatic heterocycles. The maximum absolute atomic E-state index is 10.1. The Hall–Kier alpha value is -1.49. The van der Waals surface area contributed by atoms with E-state index in [1.54, 1.807) is 12.4 Å². The van der Waals surface area contributed by atoms with Crippen LogP contribution in [0.15, 0.2) is 29.1 Å². The lowest BCUT2D eigenvalue weighted by atomic mass is 10.0. The molecule has 7 heteroatoms. The second-order valence-corrected chi connectivity index (χ2v) is 5.90. The fraction of sp³-hybridized carbons (Fsp3) is 0.250. The quantitative estimate of drug-likeness (QED) is 0.837. The number of aromatic nitrogens is 2. The largest absolute Gasteiger partial charge is 0.373 e. The van der Waals surface area contributed by atoms with Crippen LogP contribution in [0.1, 0.15) is 23.3 Å². The van der Waals surface area contributed by atoms with Gasteiger partial charge < -0.3 is 10.4 Å². The van der Waals surface area contributed by atoms with E-state index in [0.717, 1.165) is 10.0 Å². The Morgan fingerprint density at radius 1 is 1.47 bits per heavy atom. The van der Waals surface area contributed by atoms with Crippen molar-refractivity contribution in [1.82, 2.24) is 9.97 Å². The lowest BCUT2D eigenvalue weighted by Gasteiger charge is -2.19. The topological polar surface area (TPSA) is 81.8 Å². The van der Waals surface area contributed by atoms with Gasteiger partial charge in [0, 0.05) is 22.8 Å². The van der Waals surface area contributed by atoms with Gasteiger partial charge in [-0.3, -0.25) is 4.98 Å². The van der Waals surface area contributed by atoms with Crippen LogP contribution in [0.25, 0.3) is 0 Å². The number of nitriles is 1. The summed E-state index contributed by atoms with van der Waals surface area (Å²) in [5.74, 6) is -0.153. The first-order valence-electron chi connectivity index (χ1n) is 5.51. The van der Waals surface area contributed by atoms with Gasteiger partial charge >= 0.3 is 0 Å². The first-order chi connectivity index (χ1) is 9.10. The summed E-state index contributed by atoms with van der Waals surface area (Å²) >= 11 is 4.56. The summed E-state index contributed by atoms with van der Waals surface area (Å²) in [6.07, 6.45) is 4.08. The summed E-state index contributed by atoms with van der Waals surface area (Å²) in [6.45, 7) is 1.89. The Balaban J connectivity index is 2.07. The summed E-state index contributed by atoms with van der Waals surface area (Å²) < 4.78 is 0.866. The minimum atomic E-state index is -0.797. The van der Waals surface area contributed by atoms with Crippen LogP contribution in [0.3, 0.4) is 0 Å². The molecule has 2 rings (SSSR count). The van der Waals surface area contributed by atoms with Gasteiger partial charge in [0.2, 0.25) is 0 Å². The third-order valence-electron chi connectivity index (χ3n) is 2.61. The molecule has 0 saturated carbocycles. The van der Waals surface area contributed by atoms with E-state index in [0.29, 0.717) is 10.0 Å². The number of aliphatic hydroxyl groups is 1. The molecule has 5 nitrogen and oxygen atoms in total. The molecular weight excluding hydrogens is 328 g/mol. The van der Waals surface area contributed by atoms with Crippen molar-refractivity contribution in [2.24, 2.45) is 0 Å². The fourth-order valence-electron chi connectivity index (χ4n) is 1.50. The van der Waals surface area contributed by atoms with Crippen LogP contribution >= 0.6 is 27.3 Å². The standard InChI is InChI=1S/C12H11BrN4OS/c1-7(8-2-9(13)5-15-4-8)11(18)17-12-16-6-10(3-14)19-12/h2,4-7,11,18H,1H3,(H,16,17). The van der Waals surface area contributed by atoms with E-state index in [2.05, 4.69) is 31.2 Å². The Labute approximate surface area is 123 Å². The van der Waals surface area contributed by atoms with Crippen molar-refractivity contribution in [3.63, 3.8) is 0 Å². The van der Waals surface area contributed by atoms with E-state index in [-0.39, 0.29) is 5.92 Å². The molecule has 98 valence electrons. The van der Waals surface area contributed by atoms with Crippen LogP contribution in [-0.4, -0.2) is 21.3 Å². The Morgan fingerprint density at radius 2 is 2.26 bits per heavy atom. The van der Waals surface area contributed by atoms with Crippen LogP contribution in [-0.2, 0) is 0 Å². The lowest BCUT2D eigenvalue weighted by Crippen LogP contribution is -2.25. The highest BCUT2D eigenvalue weighted by Crippen LogP contribution is 2.24. The molecule has 2 aromatic rings. The summed E-state index contributed by atoms with van der Waals surface area (Å²) in [5.41, 5.74) is 0.909. The predicted molar refractivity (Wildman–Crippen MR) is 76.8 cm³/mol. The van der Waals surface area contributed by atoms with E-state index in [4.69, 9.17) is 5.26 Å². The number of aliphatic hydroxyl groups excluding tert-OH is 1. The highest BCUT2D eigenvalue weighted by Gasteiger charge is 2.18. The van der Waals surface area contributed by atoms with Gasteiger partial charge in [0.1, 0.15) is 17.2 Å². The molecule has 0 radical (unpaired) electrons. The number of pyridine rings is 1. The zero-order chi connectivity index (χ0) is 13.8. The lowest BCUT2D eigenvalue weighted by molar-refractivity contribution is 0.177. The monoisotopic (exact) mass is 338 g/mol. The predicted octanol–water partition coefficient (Wildman–Crippen LogP) is 2.71. The third kappa shape index (κ3) is 3.50. The number of nitrogens with one attached hydrogen (secondary N) is 1. The summed E-state index contributed by atoms with van der Waals surface area (Å²) in [4.78, 5) is 8.60. The molecule has 0 amide bonds. The number of halogens is 1. The molecule has 0 aliphatic carbocycles. The van der Waals surface area contributed by atoms with Crippen molar-refractivity contribution in [3.8, 4) is 6.07 Å². The molecule has 0 saturated heterocycles. The number of nitrogens with zero attached hydrogens (tertiary/aromatic N) is 3. The first kappa shape index (κ1) is 13.9. The zero-order valence-electron chi connectivity index (χ0n) is 10.0. The molecule has 2 N–H and O–H groups in total. The van der Waals surface area contributed by atoms with E-state index in [9.17, 15) is 5.11 Å². The summed E-state index contributed by atoms with van der Waals surface area (Å²) in [5, 5.41) is 22.3. The van der Waals surface area contributed by atoms with Gasteiger partial charge in [-0.15, -0.1) is 0 Å². The number of anilines is 1. The smallest absolute Gasteiger partial charge is 0.185 e. The van der Waals surface area contributed by atoms with Gasteiger partial charge in [-0.1, -0.05) is 18.3 Å². The summed E-state index contributed by atoms with van der Waals surface area (Å²) in [6, 6.07) is 3.92. The maximum atomic E-state index is 10.1. The average Bonchev–Trinajstić information content (AvgIpc) is 2.85. The van der Waals surface area contributed by atoms with Crippen molar-refractivity contribution < 1.29 is 5.11 Å². The van der Waals surface area contributed by atoms with Crippen molar-refractivity contribution in [2.75, 3.05) is 5.32 Å². The summed E-state index contributed by atoms with van der Waals surface area (Å²) in [7, 11) is 0. The van der Waals surface area contributed by atoms with Crippen LogP contribution in [0, 0.1) is 11.3 Å². The molecule has 19 heavy (non-hydrogen) atoms. The van der Waals surface area contributed by atoms with Gasteiger partial charge in [-0.25, -0.2) is 4.98 Å². The van der Waals surface area contributed by atoms with E-state index >= 15 is 0 Å². The number of hydrogen-bond acceptors (Lipinski definition) is 6. The van der Waals surface area contributed by atoms with Crippen LogP contribution in [0.5, 0.6) is 0 Å². The van der Waals surface area contributed by atoms with Gasteiger partial charge in [-0.05, 0) is 27.6 Å². The molecule has 0 spiro atoms. The molecule has 0 aliphatic rings. The van der Waals surface area contributed by atoms with Crippen molar-refractivity contribution >= 4 is 32.4 Å². The Bertz CT molecular complexity index is 610. The van der Waals surface area contributed by atoms with Crippen molar-refractivity contribution in [1.29, 1.82) is 5.26 Å². The molecule has 2 heterocycles. The van der Waals surface area contributed by atoms with Crippen molar-refractivity contribution in [2.45, 2.75) is 19.1 Å². The number of hydrogen-bond donors (Lipinski definition) is 2. The van der Waals surface area contributed by atoms with E-state index in [1.165, 1.54) is 17.5 Å². The second-order valence-electron chi connectivity index (χ2n) is 3.96. The van der Waals surface area contributed by atoms with Crippen LogP contribution in [0.2, 0.25) is 0 Å². The normalized spacial score (nSPS) is 13.6. The minimum absolute atomic E-state index is 0.153. The molecule has 0 bridgehead atoms. The van der Waals surface area contributed by atoms with Gasteiger partial charge in [-0.2, -0.15) is 5.26 Å². The zero-order valence-corrected chi connectivity index (χ0v) is 12.4. The Kier molecular flexibility index (Phi) is 4.47. The van der Waals surface area contributed by atoms with Crippen molar-refractivity contribution in [3.05, 3.63) is 39.6 Å². The third-order valence-corrected chi connectivity index (χ3v) is 3.88. The molecule has 0 aromatic carbocycles. The molecule has 0 fully saturated rings.